The minimum atomic E-state index is -0.554. The Bertz CT molecular complexity index is 677. The van der Waals surface area contributed by atoms with Gasteiger partial charge in [-0.2, -0.15) is 0 Å². The molecule has 0 radical (unpaired) electrons. The molecule has 23 heavy (non-hydrogen) atoms. The van der Waals surface area contributed by atoms with Gasteiger partial charge in [0.2, 0.25) is 5.91 Å². The summed E-state index contributed by atoms with van der Waals surface area (Å²) < 4.78 is 0. The number of amides is 2. The highest BCUT2D eigenvalue weighted by Gasteiger charge is 2.19. The second-order valence-electron chi connectivity index (χ2n) is 5.52. The van der Waals surface area contributed by atoms with Gasteiger partial charge < -0.3 is 10.6 Å². The molecule has 5 heteroatoms. The van der Waals surface area contributed by atoms with Gasteiger partial charge in [0.05, 0.1) is 4.88 Å². The van der Waals surface area contributed by atoms with Gasteiger partial charge in [-0.25, -0.2) is 0 Å². The third-order valence-corrected chi connectivity index (χ3v) is 4.44. The molecule has 0 spiro atoms. The predicted molar refractivity (Wildman–Crippen MR) is 94.7 cm³/mol. The first kappa shape index (κ1) is 17.2. The average molecular weight is 330 g/mol. The van der Waals surface area contributed by atoms with Crippen molar-refractivity contribution in [3.05, 3.63) is 46.2 Å². The van der Waals surface area contributed by atoms with Crippen LogP contribution in [-0.4, -0.2) is 24.4 Å². The lowest BCUT2D eigenvalue weighted by Crippen LogP contribution is -2.44. The number of nitrogens with one attached hydrogen (secondary N) is 2. The smallest absolute Gasteiger partial charge is 0.262 e. The summed E-state index contributed by atoms with van der Waals surface area (Å²) in [7, 11) is 0. The van der Waals surface area contributed by atoms with Gasteiger partial charge in [0.15, 0.2) is 0 Å². The van der Waals surface area contributed by atoms with Crippen LogP contribution in [0.4, 0.5) is 0 Å². The number of rotatable bonds is 6. The number of thiophene rings is 1. The van der Waals surface area contributed by atoms with E-state index in [4.69, 9.17) is 0 Å². The lowest BCUT2D eigenvalue weighted by Gasteiger charge is -2.14. The fraction of sp³-hybridized carbons (Fsp3) is 0.333. The standard InChI is InChI=1S/C18H22N2O2S/c1-4-10-19-17(21)13(3)20-18(22)16-15(9-11-23-16)14-7-5-12(2)6-8-14/h5-9,11,13H,4,10H2,1-3H3,(H,19,21)(H,20,22)/t13-/m1/s1. The number of benzene rings is 1. The zero-order valence-corrected chi connectivity index (χ0v) is 14.5. The summed E-state index contributed by atoms with van der Waals surface area (Å²) in [6.45, 7) is 6.33. The monoisotopic (exact) mass is 330 g/mol. The largest absolute Gasteiger partial charge is 0.354 e. The van der Waals surface area contributed by atoms with Crippen molar-refractivity contribution in [1.82, 2.24) is 10.6 Å². The second kappa shape index (κ2) is 7.92. The second-order valence-corrected chi connectivity index (χ2v) is 6.43. The summed E-state index contributed by atoms with van der Waals surface area (Å²) in [4.78, 5) is 25.0. The molecule has 0 saturated carbocycles. The summed E-state index contributed by atoms with van der Waals surface area (Å²) in [5, 5.41) is 7.45. The van der Waals surface area contributed by atoms with Gasteiger partial charge in [-0.15, -0.1) is 11.3 Å². The number of aryl methyl sites for hydroxylation is 1. The van der Waals surface area contributed by atoms with Crippen LogP contribution in [0.1, 0.15) is 35.5 Å². The molecule has 122 valence electrons. The van der Waals surface area contributed by atoms with E-state index in [1.807, 2.05) is 49.6 Å². The van der Waals surface area contributed by atoms with Crippen LogP contribution in [-0.2, 0) is 4.79 Å². The molecule has 2 aromatic rings. The summed E-state index contributed by atoms with van der Waals surface area (Å²) in [6, 6.07) is 9.44. The van der Waals surface area contributed by atoms with Crippen molar-refractivity contribution in [2.75, 3.05) is 6.54 Å². The van der Waals surface area contributed by atoms with Gasteiger partial charge in [-0.1, -0.05) is 36.8 Å². The SMILES string of the molecule is CCCNC(=O)[C@@H](C)NC(=O)c1sccc1-c1ccc(C)cc1. The Morgan fingerprint density at radius 2 is 1.87 bits per heavy atom. The first-order valence-corrected chi connectivity index (χ1v) is 8.64. The van der Waals surface area contributed by atoms with Crippen LogP contribution in [0.3, 0.4) is 0 Å². The number of carbonyl (C=O) groups is 2. The summed E-state index contributed by atoms with van der Waals surface area (Å²) in [6.07, 6.45) is 0.870. The lowest BCUT2D eigenvalue weighted by molar-refractivity contribution is -0.122. The summed E-state index contributed by atoms with van der Waals surface area (Å²) in [5.41, 5.74) is 3.08. The molecule has 0 unspecified atom stereocenters. The molecule has 0 aliphatic heterocycles. The molecule has 0 fully saturated rings. The van der Waals surface area contributed by atoms with Crippen LogP contribution in [0.25, 0.3) is 11.1 Å². The van der Waals surface area contributed by atoms with Gasteiger partial charge in [0, 0.05) is 12.1 Å². The van der Waals surface area contributed by atoms with E-state index in [2.05, 4.69) is 10.6 Å². The Morgan fingerprint density at radius 3 is 2.52 bits per heavy atom. The van der Waals surface area contributed by atoms with E-state index >= 15 is 0 Å². The van der Waals surface area contributed by atoms with E-state index in [-0.39, 0.29) is 11.8 Å². The van der Waals surface area contributed by atoms with Crippen LogP contribution in [0.15, 0.2) is 35.7 Å². The summed E-state index contributed by atoms with van der Waals surface area (Å²) >= 11 is 1.38. The van der Waals surface area contributed by atoms with Gasteiger partial charge >= 0.3 is 0 Å². The fourth-order valence-corrected chi connectivity index (χ4v) is 2.99. The Hall–Kier alpha value is -2.14. The molecule has 1 heterocycles. The van der Waals surface area contributed by atoms with Crippen LogP contribution in [0.5, 0.6) is 0 Å². The Balaban J connectivity index is 2.10. The molecule has 0 aliphatic carbocycles. The maximum atomic E-state index is 12.5. The van der Waals surface area contributed by atoms with Crippen molar-refractivity contribution < 1.29 is 9.59 Å². The lowest BCUT2D eigenvalue weighted by atomic mass is 10.0. The molecule has 0 aliphatic rings. The van der Waals surface area contributed by atoms with E-state index in [1.54, 1.807) is 6.92 Å². The minimum absolute atomic E-state index is 0.159. The summed E-state index contributed by atoms with van der Waals surface area (Å²) in [5.74, 6) is -0.372. The van der Waals surface area contributed by atoms with E-state index in [0.717, 1.165) is 17.5 Å². The van der Waals surface area contributed by atoms with Crippen LogP contribution in [0, 0.1) is 6.92 Å². The van der Waals surface area contributed by atoms with E-state index in [9.17, 15) is 9.59 Å². The Labute approximate surface area is 140 Å². The quantitative estimate of drug-likeness (QED) is 0.853. The first-order chi connectivity index (χ1) is 11.0. The van der Waals surface area contributed by atoms with Gasteiger partial charge in [-0.05, 0) is 37.3 Å². The van der Waals surface area contributed by atoms with Gasteiger partial charge in [0.25, 0.3) is 5.91 Å². The molecule has 0 saturated heterocycles. The topological polar surface area (TPSA) is 58.2 Å². The molecule has 1 aromatic carbocycles. The Kier molecular flexibility index (Phi) is 5.93. The van der Waals surface area contributed by atoms with Gasteiger partial charge in [-0.3, -0.25) is 9.59 Å². The van der Waals surface area contributed by atoms with Crippen molar-refractivity contribution in [1.29, 1.82) is 0 Å². The molecular weight excluding hydrogens is 308 g/mol. The molecule has 1 aromatic heterocycles. The predicted octanol–water partition coefficient (Wildman–Crippen LogP) is 3.37. The third kappa shape index (κ3) is 4.42. The molecule has 4 nitrogen and oxygen atoms in total. The average Bonchev–Trinajstić information content (AvgIpc) is 3.02. The maximum absolute atomic E-state index is 12.5. The first-order valence-electron chi connectivity index (χ1n) is 7.76. The van der Waals surface area contributed by atoms with Crippen molar-refractivity contribution in [2.45, 2.75) is 33.2 Å². The molecule has 2 N–H and O–H groups in total. The zero-order chi connectivity index (χ0) is 16.8. The third-order valence-electron chi connectivity index (χ3n) is 3.52. The normalized spacial score (nSPS) is 11.8. The van der Waals surface area contributed by atoms with E-state index in [0.29, 0.717) is 11.4 Å². The molecule has 0 bridgehead atoms. The van der Waals surface area contributed by atoms with Crippen molar-refractivity contribution in [3.8, 4) is 11.1 Å². The fourth-order valence-electron chi connectivity index (χ4n) is 2.17. The number of hydrogen-bond acceptors (Lipinski definition) is 3. The molecular formula is C18H22N2O2S. The number of hydrogen-bond donors (Lipinski definition) is 2. The number of carbonyl (C=O) groups excluding carboxylic acids is 2. The minimum Gasteiger partial charge on any atom is -0.354 e. The highest BCUT2D eigenvalue weighted by molar-refractivity contribution is 7.12. The maximum Gasteiger partial charge on any atom is 0.262 e. The van der Waals surface area contributed by atoms with Crippen LogP contribution in [0.2, 0.25) is 0 Å². The van der Waals surface area contributed by atoms with Crippen LogP contribution >= 0.6 is 11.3 Å². The van der Waals surface area contributed by atoms with Crippen LogP contribution < -0.4 is 10.6 Å². The van der Waals surface area contributed by atoms with Gasteiger partial charge in [0.1, 0.15) is 6.04 Å². The highest BCUT2D eigenvalue weighted by atomic mass is 32.1. The van der Waals surface area contributed by atoms with Crippen molar-refractivity contribution in [3.63, 3.8) is 0 Å². The highest BCUT2D eigenvalue weighted by Crippen LogP contribution is 2.28. The molecule has 1 atom stereocenters. The zero-order valence-electron chi connectivity index (χ0n) is 13.7. The van der Waals surface area contributed by atoms with E-state index in [1.165, 1.54) is 16.9 Å². The molecule has 2 amide bonds. The molecule has 2 rings (SSSR count). The van der Waals surface area contributed by atoms with Crippen molar-refractivity contribution in [2.24, 2.45) is 0 Å². The van der Waals surface area contributed by atoms with E-state index < -0.39 is 6.04 Å². The van der Waals surface area contributed by atoms with Crippen molar-refractivity contribution >= 4 is 23.2 Å². The Morgan fingerprint density at radius 1 is 1.17 bits per heavy atom.